The average Bonchev–Trinajstić information content (AvgIpc) is 3.15. The molecule has 4 aliphatic carbocycles. The largest absolute Gasteiger partial charge is 0.158 e. The number of hydrogen-bond acceptors (Lipinski definition) is 1. The zero-order valence-electron chi connectivity index (χ0n) is 12.3. The molecule has 0 aromatic rings. The lowest BCUT2D eigenvalue weighted by Gasteiger charge is -2.40. The third kappa shape index (κ3) is 1.85. The van der Waals surface area contributed by atoms with Gasteiger partial charge in [-0.15, -0.1) is 6.58 Å². The van der Waals surface area contributed by atoms with E-state index in [1.165, 1.54) is 34.9 Å². The molecule has 4 aliphatic rings. The Labute approximate surface area is 125 Å². The van der Waals surface area contributed by atoms with Crippen molar-refractivity contribution in [2.24, 2.45) is 41.4 Å². The molecule has 8 unspecified atom stereocenters. The van der Waals surface area contributed by atoms with Crippen molar-refractivity contribution in [3.8, 4) is 0 Å². The van der Waals surface area contributed by atoms with Crippen LogP contribution in [0.2, 0.25) is 6.04 Å². The van der Waals surface area contributed by atoms with Gasteiger partial charge in [0.2, 0.25) is 0 Å². The molecule has 0 saturated heterocycles. The van der Waals surface area contributed by atoms with Gasteiger partial charge in [-0.1, -0.05) is 12.1 Å². The highest BCUT2D eigenvalue weighted by Gasteiger charge is 2.63. The molecule has 8 atom stereocenters. The van der Waals surface area contributed by atoms with Gasteiger partial charge in [-0.25, -0.2) is 0 Å². The minimum absolute atomic E-state index is 0.891. The van der Waals surface area contributed by atoms with Crippen LogP contribution in [0.4, 0.5) is 0 Å². The molecule has 0 spiro atoms. The molecule has 19 heavy (non-hydrogen) atoms. The summed E-state index contributed by atoms with van der Waals surface area (Å²) in [6.07, 6.45) is 10.0. The molecular weight excluding hydrogens is 264 g/mol. The number of allylic oxidation sites excluding steroid dienone is 1. The highest BCUT2D eigenvalue weighted by atomic mass is 32.2. The lowest BCUT2D eigenvalue weighted by atomic mass is 9.67. The Balaban J connectivity index is 1.45. The Morgan fingerprint density at radius 1 is 1.05 bits per heavy atom. The first kappa shape index (κ1) is 13.0. The van der Waals surface area contributed by atoms with Crippen LogP contribution in [0.5, 0.6) is 0 Å². The van der Waals surface area contributed by atoms with E-state index in [0.29, 0.717) is 0 Å². The molecule has 4 bridgehead atoms. The van der Waals surface area contributed by atoms with E-state index in [2.05, 4.69) is 24.4 Å². The number of hydrogen-bond donors (Lipinski definition) is 0. The molecular formula is C17H28SSi. The van der Waals surface area contributed by atoms with E-state index in [9.17, 15) is 0 Å². The van der Waals surface area contributed by atoms with E-state index in [-0.39, 0.29) is 0 Å². The van der Waals surface area contributed by atoms with Crippen LogP contribution in [-0.2, 0) is 0 Å². The van der Waals surface area contributed by atoms with Crippen molar-refractivity contribution in [2.75, 3.05) is 5.75 Å². The Hall–Kier alpha value is 0.307. The Bertz CT molecular complexity index is 368. The maximum Gasteiger partial charge on any atom is 0.00810 e. The van der Waals surface area contributed by atoms with Gasteiger partial charge >= 0.3 is 0 Å². The van der Waals surface area contributed by atoms with Crippen molar-refractivity contribution >= 4 is 22.0 Å². The van der Waals surface area contributed by atoms with Gasteiger partial charge in [0, 0.05) is 15.5 Å². The second kappa shape index (κ2) is 4.94. The minimum Gasteiger partial charge on any atom is -0.158 e. The van der Waals surface area contributed by atoms with Crippen molar-refractivity contribution in [2.45, 2.75) is 43.4 Å². The van der Waals surface area contributed by atoms with E-state index in [4.69, 9.17) is 0 Å². The fraction of sp³-hybridized carbons (Fsp3) is 0.882. The zero-order valence-corrected chi connectivity index (χ0v) is 15.1. The molecule has 0 amide bonds. The van der Waals surface area contributed by atoms with E-state index in [1.54, 1.807) is 19.3 Å². The SMILES string of the molecule is C=CC1CC2CC1C1C3CC(SCCC[SiH3])C(C3)C21. The van der Waals surface area contributed by atoms with Crippen molar-refractivity contribution in [1.82, 2.24) is 0 Å². The smallest absolute Gasteiger partial charge is 0.00810 e. The van der Waals surface area contributed by atoms with Crippen molar-refractivity contribution in [1.29, 1.82) is 0 Å². The topological polar surface area (TPSA) is 0 Å². The molecule has 2 heteroatoms. The fourth-order valence-electron chi connectivity index (χ4n) is 6.43. The van der Waals surface area contributed by atoms with Crippen molar-refractivity contribution in [3.05, 3.63) is 12.7 Å². The second-order valence-corrected chi connectivity index (χ2v) is 9.95. The summed E-state index contributed by atoms with van der Waals surface area (Å²) < 4.78 is 0. The van der Waals surface area contributed by atoms with E-state index in [0.717, 1.165) is 46.7 Å². The lowest BCUT2D eigenvalue weighted by molar-refractivity contribution is 0.125. The minimum atomic E-state index is 0.891. The second-order valence-electron chi connectivity index (χ2n) is 7.61. The Morgan fingerprint density at radius 2 is 1.79 bits per heavy atom. The maximum atomic E-state index is 4.10. The molecule has 0 N–H and O–H groups in total. The lowest BCUT2D eigenvalue weighted by Crippen LogP contribution is -2.36. The van der Waals surface area contributed by atoms with Gasteiger partial charge in [0.15, 0.2) is 0 Å². The summed E-state index contributed by atoms with van der Waals surface area (Å²) in [4.78, 5) is 0. The fourth-order valence-corrected chi connectivity index (χ4v) is 8.98. The van der Waals surface area contributed by atoms with Gasteiger partial charge in [-0.3, -0.25) is 0 Å². The standard InChI is InChI=1S/C17H28SSi/c1-2-10-6-11-7-13(10)16-12-8-14(17(11)16)15(9-12)18-4-3-5-19/h2,10-17H,1,3-9H2,19H3. The van der Waals surface area contributed by atoms with E-state index >= 15 is 0 Å². The maximum absolute atomic E-state index is 4.10. The summed E-state index contributed by atoms with van der Waals surface area (Å²) in [5, 5.41) is 1.06. The van der Waals surface area contributed by atoms with Crippen LogP contribution in [0, 0.1) is 41.4 Å². The molecule has 0 heterocycles. The molecule has 4 fully saturated rings. The van der Waals surface area contributed by atoms with E-state index < -0.39 is 0 Å². The zero-order chi connectivity index (χ0) is 13.0. The number of fused-ring (bicyclic) bond motifs is 9. The van der Waals surface area contributed by atoms with Crippen LogP contribution in [0.25, 0.3) is 0 Å². The van der Waals surface area contributed by atoms with Gasteiger partial charge in [0.1, 0.15) is 0 Å². The monoisotopic (exact) mass is 292 g/mol. The molecule has 0 aromatic carbocycles. The normalized spacial score (nSPS) is 53.9. The predicted octanol–water partition coefficient (Wildman–Crippen LogP) is 3.38. The van der Waals surface area contributed by atoms with Crippen LogP contribution < -0.4 is 0 Å². The third-order valence-corrected chi connectivity index (χ3v) is 9.14. The molecule has 4 saturated carbocycles. The summed E-state index contributed by atoms with van der Waals surface area (Å²) in [5.41, 5.74) is 0. The van der Waals surface area contributed by atoms with Gasteiger partial charge in [0.05, 0.1) is 0 Å². The highest BCUT2D eigenvalue weighted by molar-refractivity contribution is 7.99. The van der Waals surface area contributed by atoms with Crippen LogP contribution in [-0.4, -0.2) is 21.2 Å². The summed E-state index contributed by atoms with van der Waals surface area (Å²) in [7, 11) is 1.40. The predicted molar refractivity (Wildman–Crippen MR) is 88.7 cm³/mol. The van der Waals surface area contributed by atoms with Crippen LogP contribution in [0.3, 0.4) is 0 Å². The molecule has 0 nitrogen and oxygen atoms in total. The number of rotatable bonds is 5. The Kier molecular flexibility index (Phi) is 3.38. The van der Waals surface area contributed by atoms with Crippen molar-refractivity contribution in [3.63, 3.8) is 0 Å². The summed E-state index contributed by atoms with van der Waals surface area (Å²) in [5.74, 6) is 9.00. The van der Waals surface area contributed by atoms with Crippen LogP contribution >= 0.6 is 11.8 Å². The Morgan fingerprint density at radius 3 is 2.58 bits per heavy atom. The highest BCUT2D eigenvalue weighted by Crippen LogP contribution is 2.70. The molecule has 4 rings (SSSR count). The van der Waals surface area contributed by atoms with Gasteiger partial charge < -0.3 is 0 Å². The summed E-state index contributed by atoms with van der Waals surface area (Å²) in [6.45, 7) is 4.10. The first-order chi connectivity index (χ1) is 9.33. The van der Waals surface area contributed by atoms with Crippen molar-refractivity contribution < 1.29 is 0 Å². The first-order valence-electron chi connectivity index (χ1n) is 8.57. The summed E-state index contributed by atoms with van der Waals surface area (Å²) in [6, 6.07) is 1.51. The van der Waals surface area contributed by atoms with Gasteiger partial charge in [-0.2, -0.15) is 11.8 Å². The average molecular weight is 293 g/mol. The molecule has 0 aromatic heterocycles. The van der Waals surface area contributed by atoms with Gasteiger partial charge in [-0.05, 0) is 79.3 Å². The molecule has 106 valence electrons. The van der Waals surface area contributed by atoms with Crippen LogP contribution in [0.15, 0.2) is 12.7 Å². The molecule has 0 radical (unpaired) electrons. The molecule has 0 aliphatic heterocycles. The number of thioether (sulfide) groups is 1. The summed E-state index contributed by atoms with van der Waals surface area (Å²) >= 11 is 2.36. The van der Waals surface area contributed by atoms with E-state index in [1.807, 2.05) is 0 Å². The third-order valence-electron chi connectivity index (χ3n) is 6.94. The first-order valence-corrected chi connectivity index (χ1v) is 11.0. The van der Waals surface area contributed by atoms with Gasteiger partial charge in [0.25, 0.3) is 0 Å². The quantitative estimate of drug-likeness (QED) is 0.324. The van der Waals surface area contributed by atoms with Crippen LogP contribution in [0.1, 0.15) is 32.1 Å².